The highest BCUT2D eigenvalue weighted by atomic mass is 16.3. The van der Waals surface area contributed by atoms with Gasteiger partial charge in [0.05, 0.1) is 6.10 Å². The Morgan fingerprint density at radius 1 is 0.909 bits per heavy atom. The summed E-state index contributed by atoms with van der Waals surface area (Å²) in [6, 6.07) is 0. The Bertz CT molecular complexity index is 580. The summed E-state index contributed by atoms with van der Waals surface area (Å²) in [7, 11) is 0. The maximum atomic E-state index is 9.31. The molecule has 2 aromatic rings. The fourth-order valence-electron chi connectivity index (χ4n) is 1.41. The molecule has 0 saturated heterocycles. The van der Waals surface area contributed by atoms with Crippen molar-refractivity contribution in [2.24, 2.45) is 0 Å². The zero-order chi connectivity index (χ0) is 16.5. The summed E-state index contributed by atoms with van der Waals surface area (Å²) in [4.78, 5) is 15.9. The van der Waals surface area contributed by atoms with Crippen molar-refractivity contribution in [3.8, 4) is 0 Å². The first kappa shape index (κ1) is 17.9. The summed E-state index contributed by atoms with van der Waals surface area (Å²) in [6.45, 7) is 7.27. The zero-order valence-corrected chi connectivity index (χ0v) is 13.3. The quantitative estimate of drug-likeness (QED) is 0.901. The van der Waals surface area contributed by atoms with Crippen LogP contribution in [0, 0.1) is 13.8 Å². The molecule has 0 aromatic carbocycles. The van der Waals surface area contributed by atoms with Gasteiger partial charge in [0.2, 0.25) is 0 Å². The van der Waals surface area contributed by atoms with Crippen molar-refractivity contribution in [3.05, 3.63) is 53.6 Å². The minimum atomic E-state index is -0.995. The van der Waals surface area contributed by atoms with Crippen LogP contribution in [0.1, 0.15) is 42.7 Å². The number of aliphatic hydroxyl groups is 2. The molecule has 0 aliphatic heterocycles. The fourth-order valence-corrected chi connectivity index (χ4v) is 1.41. The number of hydrogen-bond acceptors (Lipinski definition) is 6. The Labute approximate surface area is 130 Å². The molecule has 0 saturated carbocycles. The van der Waals surface area contributed by atoms with Crippen molar-refractivity contribution < 1.29 is 10.2 Å². The summed E-state index contributed by atoms with van der Waals surface area (Å²) in [5.74, 6) is 1.03. The average Bonchev–Trinajstić information content (AvgIpc) is 2.50. The molecule has 0 radical (unpaired) electrons. The zero-order valence-electron chi connectivity index (χ0n) is 13.3. The SMILES string of the molecule is C/C=C/c1ncc(C)cn1.Cc1cnc([C@H](O)[C@H](C)O)nc1. The third-order valence-corrected chi connectivity index (χ3v) is 2.64. The predicted molar refractivity (Wildman–Crippen MR) is 84.9 cm³/mol. The van der Waals surface area contributed by atoms with E-state index < -0.39 is 12.2 Å². The summed E-state index contributed by atoms with van der Waals surface area (Å²) in [5.41, 5.74) is 2.02. The molecule has 118 valence electrons. The molecule has 2 atom stereocenters. The van der Waals surface area contributed by atoms with Crippen LogP contribution < -0.4 is 0 Å². The van der Waals surface area contributed by atoms with Gasteiger partial charge in [0, 0.05) is 24.8 Å². The largest absolute Gasteiger partial charge is 0.390 e. The lowest BCUT2D eigenvalue weighted by Gasteiger charge is -2.11. The minimum Gasteiger partial charge on any atom is -0.390 e. The first-order valence-corrected chi connectivity index (χ1v) is 7.00. The standard InChI is InChI=1S/C8H12N2O2.C8H10N2/c1-5-3-9-8(10-4-5)7(12)6(2)11;1-3-4-8-9-5-7(2)6-10-8/h3-4,6-7,11-12H,1-2H3;3-6H,1-2H3/b;4-3+/t6-,7+;/m0./s1. The molecule has 0 amide bonds. The van der Waals surface area contributed by atoms with Gasteiger partial charge >= 0.3 is 0 Å². The van der Waals surface area contributed by atoms with Crippen molar-refractivity contribution >= 4 is 6.08 Å². The average molecular weight is 302 g/mol. The molecule has 2 rings (SSSR count). The topological polar surface area (TPSA) is 92.0 Å². The van der Waals surface area contributed by atoms with Crippen molar-refractivity contribution in [3.63, 3.8) is 0 Å². The van der Waals surface area contributed by atoms with E-state index in [0.29, 0.717) is 0 Å². The van der Waals surface area contributed by atoms with Crippen LogP contribution in [0.5, 0.6) is 0 Å². The molecular weight excluding hydrogens is 280 g/mol. The molecule has 0 unspecified atom stereocenters. The second-order valence-electron chi connectivity index (χ2n) is 4.92. The van der Waals surface area contributed by atoms with Gasteiger partial charge in [0.1, 0.15) is 6.10 Å². The first-order valence-electron chi connectivity index (χ1n) is 7.00. The number of aliphatic hydroxyl groups excluding tert-OH is 2. The molecule has 22 heavy (non-hydrogen) atoms. The monoisotopic (exact) mass is 302 g/mol. The van der Waals surface area contributed by atoms with Crippen molar-refractivity contribution in [1.82, 2.24) is 19.9 Å². The van der Waals surface area contributed by atoms with E-state index >= 15 is 0 Å². The van der Waals surface area contributed by atoms with Crippen molar-refractivity contribution in [1.29, 1.82) is 0 Å². The lowest BCUT2D eigenvalue weighted by molar-refractivity contribution is 0.0248. The van der Waals surface area contributed by atoms with Gasteiger partial charge in [-0.1, -0.05) is 6.08 Å². The summed E-state index contributed by atoms with van der Waals surface area (Å²) >= 11 is 0. The van der Waals surface area contributed by atoms with Crippen molar-refractivity contribution in [2.45, 2.75) is 39.9 Å². The predicted octanol–water partition coefficient (Wildman–Crippen LogP) is 2.02. The molecule has 0 aliphatic rings. The molecule has 6 heteroatoms. The van der Waals surface area contributed by atoms with Gasteiger partial charge in [-0.15, -0.1) is 0 Å². The highest BCUT2D eigenvalue weighted by Crippen LogP contribution is 2.10. The Morgan fingerprint density at radius 3 is 1.77 bits per heavy atom. The van der Waals surface area contributed by atoms with Crippen molar-refractivity contribution in [2.75, 3.05) is 0 Å². The van der Waals surface area contributed by atoms with Crippen LogP contribution in [0.25, 0.3) is 6.08 Å². The maximum absolute atomic E-state index is 9.31. The second-order valence-corrected chi connectivity index (χ2v) is 4.92. The Balaban J connectivity index is 0.000000224. The van der Waals surface area contributed by atoms with Crippen LogP contribution >= 0.6 is 0 Å². The third-order valence-electron chi connectivity index (χ3n) is 2.64. The molecule has 2 N–H and O–H groups in total. The lowest BCUT2D eigenvalue weighted by atomic mass is 10.2. The number of aromatic nitrogens is 4. The van der Waals surface area contributed by atoms with Gasteiger partial charge in [-0.3, -0.25) is 0 Å². The highest BCUT2D eigenvalue weighted by molar-refractivity contribution is 5.38. The van der Waals surface area contributed by atoms with Crippen LogP contribution in [0.15, 0.2) is 30.9 Å². The van der Waals surface area contributed by atoms with E-state index in [1.54, 1.807) is 12.4 Å². The van der Waals surface area contributed by atoms with Crippen LogP contribution in [0.2, 0.25) is 0 Å². The molecule has 6 nitrogen and oxygen atoms in total. The van der Waals surface area contributed by atoms with Gasteiger partial charge in [-0.2, -0.15) is 0 Å². The molecular formula is C16H22N4O2. The number of hydrogen-bond donors (Lipinski definition) is 2. The van der Waals surface area contributed by atoms with E-state index in [1.165, 1.54) is 6.92 Å². The van der Waals surface area contributed by atoms with Gasteiger partial charge < -0.3 is 10.2 Å². The normalized spacial score (nSPS) is 13.4. The molecule has 0 bridgehead atoms. The van der Waals surface area contributed by atoms with E-state index in [9.17, 15) is 5.11 Å². The van der Waals surface area contributed by atoms with E-state index in [-0.39, 0.29) is 5.82 Å². The van der Waals surface area contributed by atoms with Gasteiger partial charge in [-0.05, 0) is 44.9 Å². The number of aryl methyl sites for hydroxylation is 2. The summed E-state index contributed by atoms with van der Waals surface area (Å²) in [5, 5.41) is 18.3. The van der Waals surface area contributed by atoms with Gasteiger partial charge in [0.15, 0.2) is 11.6 Å². The van der Waals surface area contributed by atoms with Gasteiger partial charge in [-0.25, -0.2) is 19.9 Å². The van der Waals surface area contributed by atoms with Crippen LogP contribution in [-0.2, 0) is 0 Å². The van der Waals surface area contributed by atoms with E-state index in [0.717, 1.165) is 17.0 Å². The number of nitrogens with zero attached hydrogens (tertiary/aromatic N) is 4. The van der Waals surface area contributed by atoms with E-state index in [1.807, 2.05) is 45.3 Å². The molecule has 2 heterocycles. The summed E-state index contributed by atoms with van der Waals surface area (Å²) < 4.78 is 0. The Hall–Kier alpha value is -2.18. The molecule has 0 fully saturated rings. The van der Waals surface area contributed by atoms with Crippen LogP contribution in [-0.4, -0.2) is 36.3 Å². The van der Waals surface area contributed by atoms with Crippen LogP contribution in [0.3, 0.4) is 0 Å². The minimum absolute atomic E-state index is 0.260. The first-order chi connectivity index (χ1) is 10.4. The Morgan fingerprint density at radius 2 is 1.36 bits per heavy atom. The lowest BCUT2D eigenvalue weighted by Crippen LogP contribution is -2.16. The fraction of sp³-hybridized carbons (Fsp3) is 0.375. The molecule has 0 spiro atoms. The smallest absolute Gasteiger partial charge is 0.159 e. The molecule has 2 aromatic heterocycles. The Kier molecular flexibility index (Phi) is 7.28. The summed E-state index contributed by atoms with van der Waals surface area (Å²) in [6.07, 6.45) is 8.79. The van der Waals surface area contributed by atoms with E-state index in [2.05, 4.69) is 19.9 Å². The number of allylic oxidation sites excluding steroid dienone is 1. The van der Waals surface area contributed by atoms with E-state index in [4.69, 9.17) is 5.11 Å². The molecule has 0 aliphatic carbocycles. The third kappa shape index (κ3) is 6.07. The highest BCUT2D eigenvalue weighted by Gasteiger charge is 2.15. The number of rotatable bonds is 3. The van der Waals surface area contributed by atoms with Crippen LogP contribution in [0.4, 0.5) is 0 Å². The van der Waals surface area contributed by atoms with Gasteiger partial charge in [0.25, 0.3) is 0 Å². The second kappa shape index (κ2) is 8.96. The maximum Gasteiger partial charge on any atom is 0.159 e.